The van der Waals surface area contributed by atoms with Crippen LogP contribution in [0.25, 0.3) is 10.9 Å². The molecule has 29 heavy (non-hydrogen) atoms. The molecule has 7 heteroatoms. The van der Waals surface area contributed by atoms with E-state index in [1.165, 1.54) is 4.57 Å². The van der Waals surface area contributed by atoms with Gasteiger partial charge in [0, 0.05) is 25.5 Å². The fourth-order valence-corrected chi connectivity index (χ4v) is 3.55. The second kappa shape index (κ2) is 7.14. The molecule has 3 heterocycles. The SMILES string of the molecule is C#Cc1cccc(NC(=O)C2CN(c3c(C#N)c(=O)n(C)c4ccccc34)C2)n1. The van der Waals surface area contributed by atoms with E-state index >= 15 is 0 Å². The van der Waals surface area contributed by atoms with Crippen molar-refractivity contribution in [1.29, 1.82) is 5.26 Å². The minimum Gasteiger partial charge on any atom is -0.368 e. The van der Waals surface area contributed by atoms with E-state index in [1.54, 1.807) is 25.2 Å². The first-order valence-corrected chi connectivity index (χ1v) is 9.04. The molecule has 7 nitrogen and oxygen atoms in total. The molecule has 0 bridgehead atoms. The number of fused-ring (bicyclic) bond motifs is 1. The summed E-state index contributed by atoms with van der Waals surface area (Å²) in [6.07, 6.45) is 5.34. The van der Waals surface area contributed by atoms with E-state index in [-0.39, 0.29) is 22.9 Å². The molecule has 1 aliphatic rings. The summed E-state index contributed by atoms with van der Waals surface area (Å²) in [5, 5.41) is 13.2. The molecule has 3 aromatic rings. The molecule has 0 spiro atoms. The topological polar surface area (TPSA) is 91.0 Å². The number of hydrogen-bond donors (Lipinski definition) is 1. The third-order valence-corrected chi connectivity index (χ3v) is 5.10. The van der Waals surface area contributed by atoms with Crippen LogP contribution in [0.3, 0.4) is 0 Å². The van der Waals surface area contributed by atoms with E-state index in [9.17, 15) is 14.9 Å². The van der Waals surface area contributed by atoms with Gasteiger partial charge in [-0.15, -0.1) is 6.42 Å². The van der Waals surface area contributed by atoms with Gasteiger partial charge in [0.15, 0.2) is 0 Å². The minimum atomic E-state index is -0.343. The van der Waals surface area contributed by atoms with Crippen LogP contribution in [-0.4, -0.2) is 28.5 Å². The number of amides is 1. The van der Waals surface area contributed by atoms with Crippen molar-refractivity contribution in [3.63, 3.8) is 0 Å². The standard InChI is InChI=1S/C22H17N5O2/c1-3-15-7-6-10-19(24-15)25-21(28)14-12-27(13-14)20-16-8-4-5-9-18(16)26(2)22(29)17(20)11-23/h1,4-10,14H,12-13H2,2H3,(H,24,25,28). The predicted octanol–water partition coefficient (Wildman–Crippen LogP) is 1.86. The van der Waals surface area contributed by atoms with Gasteiger partial charge < -0.3 is 14.8 Å². The van der Waals surface area contributed by atoms with Crippen LogP contribution in [0.4, 0.5) is 11.5 Å². The number of benzene rings is 1. The number of nitrogens with one attached hydrogen (secondary N) is 1. The third kappa shape index (κ3) is 3.09. The van der Waals surface area contributed by atoms with Crippen LogP contribution in [0.2, 0.25) is 0 Å². The number of hydrogen-bond acceptors (Lipinski definition) is 5. The fraction of sp³-hybridized carbons (Fsp3) is 0.182. The molecule has 0 aliphatic carbocycles. The Balaban J connectivity index is 1.59. The lowest BCUT2D eigenvalue weighted by atomic mass is 9.95. The first-order valence-electron chi connectivity index (χ1n) is 9.04. The van der Waals surface area contributed by atoms with Crippen LogP contribution in [-0.2, 0) is 11.8 Å². The van der Waals surface area contributed by atoms with E-state index in [1.807, 2.05) is 35.2 Å². The highest BCUT2D eigenvalue weighted by molar-refractivity contribution is 5.98. The molecule has 0 atom stereocenters. The molecular formula is C22H17N5O2. The second-order valence-electron chi connectivity index (χ2n) is 6.86. The monoisotopic (exact) mass is 383 g/mol. The Hall–Kier alpha value is -4.10. The Morgan fingerprint density at radius 3 is 2.72 bits per heavy atom. The molecule has 1 N–H and O–H groups in total. The van der Waals surface area contributed by atoms with E-state index in [0.717, 1.165) is 10.9 Å². The number of para-hydroxylation sites is 1. The molecule has 0 unspecified atom stereocenters. The van der Waals surface area contributed by atoms with Crippen LogP contribution in [0.1, 0.15) is 11.3 Å². The summed E-state index contributed by atoms with van der Waals surface area (Å²) < 4.78 is 1.48. The Kier molecular flexibility index (Phi) is 4.50. The van der Waals surface area contributed by atoms with Crippen molar-refractivity contribution >= 4 is 28.3 Å². The van der Waals surface area contributed by atoms with Gasteiger partial charge in [0.1, 0.15) is 23.1 Å². The highest BCUT2D eigenvalue weighted by atomic mass is 16.2. The van der Waals surface area contributed by atoms with Gasteiger partial charge in [-0.1, -0.05) is 30.2 Å². The number of anilines is 2. The van der Waals surface area contributed by atoms with Crippen molar-refractivity contribution in [3.05, 3.63) is 64.1 Å². The Labute approximate surface area is 167 Å². The third-order valence-electron chi connectivity index (χ3n) is 5.10. The van der Waals surface area contributed by atoms with Crippen LogP contribution in [0, 0.1) is 29.6 Å². The number of nitriles is 1. The van der Waals surface area contributed by atoms with Gasteiger partial charge in [0.2, 0.25) is 5.91 Å². The van der Waals surface area contributed by atoms with Crippen LogP contribution in [0.15, 0.2) is 47.3 Å². The van der Waals surface area contributed by atoms with Gasteiger partial charge in [0.25, 0.3) is 5.56 Å². The number of aryl methyl sites for hydroxylation is 1. The van der Waals surface area contributed by atoms with Gasteiger partial charge in [-0.25, -0.2) is 4.98 Å². The van der Waals surface area contributed by atoms with Gasteiger partial charge in [-0.2, -0.15) is 5.26 Å². The van der Waals surface area contributed by atoms with Gasteiger partial charge in [-0.05, 0) is 18.2 Å². The van der Waals surface area contributed by atoms with Crippen molar-refractivity contribution in [2.75, 3.05) is 23.3 Å². The zero-order valence-corrected chi connectivity index (χ0v) is 15.7. The van der Waals surface area contributed by atoms with Crippen molar-refractivity contribution in [2.24, 2.45) is 13.0 Å². The summed E-state index contributed by atoms with van der Waals surface area (Å²) in [5.41, 5.74) is 1.53. The lowest BCUT2D eigenvalue weighted by Crippen LogP contribution is -2.53. The minimum absolute atomic E-state index is 0.0912. The van der Waals surface area contributed by atoms with Crippen LogP contribution in [0.5, 0.6) is 0 Å². The molecule has 142 valence electrons. The maximum absolute atomic E-state index is 12.6. The van der Waals surface area contributed by atoms with Crippen LogP contribution < -0.4 is 15.8 Å². The summed E-state index contributed by atoms with van der Waals surface area (Å²) in [7, 11) is 1.65. The van der Waals surface area contributed by atoms with E-state index in [4.69, 9.17) is 6.42 Å². The van der Waals surface area contributed by atoms with Crippen molar-refractivity contribution in [2.45, 2.75) is 0 Å². The Morgan fingerprint density at radius 1 is 1.24 bits per heavy atom. The number of terminal acetylenes is 1. The molecule has 1 aliphatic heterocycles. The van der Waals surface area contributed by atoms with E-state index < -0.39 is 0 Å². The highest BCUT2D eigenvalue weighted by Gasteiger charge is 2.35. The zero-order chi connectivity index (χ0) is 20.5. The molecule has 1 aromatic carbocycles. The number of carbonyl (C=O) groups is 1. The first kappa shape index (κ1) is 18.3. The lowest BCUT2D eigenvalue weighted by molar-refractivity contribution is -0.120. The summed E-state index contributed by atoms with van der Waals surface area (Å²) in [4.78, 5) is 31.2. The number of aromatic nitrogens is 2. The maximum Gasteiger partial charge on any atom is 0.270 e. The maximum atomic E-state index is 12.6. The molecule has 1 saturated heterocycles. The molecule has 0 radical (unpaired) electrons. The van der Waals surface area contributed by atoms with Crippen molar-refractivity contribution < 1.29 is 4.79 Å². The molecule has 2 aromatic heterocycles. The van der Waals surface area contributed by atoms with Crippen molar-refractivity contribution in [1.82, 2.24) is 9.55 Å². The zero-order valence-electron chi connectivity index (χ0n) is 15.7. The highest BCUT2D eigenvalue weighted by Crippen LogP contribution is 2.33. The molecular weight excluding hydrogens is 366 g/mol. The smallest absolute Gasteiger partial charge is 0.270 e. The molecule has 0 saturated carbocycles. The molecule has 1 amide bonds. The average molecular weight is 383 g/mol. The lowest BCUT2D eigenvalue weighted by Gasteiger charge is -2.40. The van der Waals surface area contributed by atoms with Gasteiger partial charge >= 0.3 is 0 Å². The number of nitrogens with zero attached hydrogens (tertiary/aromatic N) is 4. The Morgan fingerprint density at radius 2 is 2.00 bits per heavy atom. The number of rotatable bonds is 3. The Bertz CT molecular complexity index is 1270. The van der Waals surface area contributed by atoms with Crippen molar-refractivity contribution in [3.8, 4) is 18.4 Å². The summed E-state index contributed by atoms with van der Waals surface area (Å²) in [5.74, 6) is 2.39. The average Bonchev–Trinajstić information content (AvgIpc) is 2.70. The quantitative estimate of drug-likeness (QED) is 0.697. The second-order valence-corrected chi connectivity index (χ2v) is 6.86. The predicted molar refractivity (Wildman–Crippen MR) is 110 cm³/mol. The van der Waals surface area contributed by atoms with E-state index in [2.05, 4.69) is 16.2 Å². The first-order chi connectivity index (χ1) is 14.0. The number of pyridine rings is 2. The summed E-state index contributed by atoms with van der Waals surface area (Å²) in [6, 6.07) is 14.6. The normalized spacial score (nSPS) is 13.4. The van der Waals surface area contributed by atoms with Gasteiger partial charge in [-0.3, -0.25) is 9.59 Å². The van der Waals surface area contributed by atoms with E-state index in [0.29, 0.717) is 30.3 Å². The molecule has 4 rings (SSSR count). The summed E-state index contributed by atoms with van der Waals surface area (Å²) >= 11 is 0. The summed E-state index contributed by atoms with van der Waals surface area (Å²) in [6.45, 7) is 0.818. The van der Waals surface area contributed by atoms with Gasteiger partial charge in [0.05, 0.1) is 17.1 Å². The number of carbonyl (C=O) groups excluding carboxylic acids is 1. The fourth-order valence-electron chi connectivity index (χ4n) is 3.55. The largest absolute Gasteiger partial charge is 0.368 e. The molecule has 1 fully saturated rings. The van der Waals surface area contributed by atoms with Crippen LogP contribution >= 0.6 is 0 Å².